The Morgan fingerprint density at radius 2 is 1.48 bits per heavy atom. The predicted molar refractivity (Wildman–Crippen MR) is 230 cm³/mol. The number of aromatic nitrogens is 1. The van der Waals surface area contributed by atoms with Crippen LogP contribution in [0.5, 0.6) is 5.75 Å². The molecule has 5 amide bonds. The van der Waals surface area contributed by atoms with E-state index in [1.165, 1.54) is 52.7 Å². The summed E-state index contributed by atoms with van der Waals surface area (Å²) in [5.41, 5.74) is -0.903. The molecule has 0 spiro atoms. The molecule has 1 saturated carbocycles. The molecule has 1 saturated heterocycles. The van der Waals surface area contributed by atoms with Crippen molar-refractivity contribution in [3.63, 3.8) is 0 Å². The number of fused-ring (bicyclic) bond motifs is 1. The Bertz CT molecular complexity index is 2150. The summed E-state index contributed by atoms with van der Waals surface area (Å²) in [5, 5.41) is 16.5. The topological polar surface area (TPSA) is 204 Å². The molecular weight excluding hydrogens is 841 g/mol. The average molecular weight is 900 g/mol. The van der Waals surface area contributed by atoms with Gasteiger partial charge in [-0.15, -0.1) is 0 Å². The summed E-state index contributed by atoms with van der Waals surface area (Å²) in [6.45, 7) is 8.08. The molecule has 2 N–H and O–H groups in total. The summed E-state index contributed by atoms with van der Waals surface area (Å²) in [5.74, 6) is -4.06. The number of aryl methyl sites for hydroxylation is 1. The lowest BCUT2D eigenvalue weighted by molar-refractivity contribution is -0.384. The van der Waals surface area contributed by atoms with Crippen molar-refractivity contribution in [2.45, 2.75) is 77.5 Å². The van der Waals surface area contributed by atoms with Crippen LogP contribution < -0.4 is 15.4 Å². The van der Waals surface area contributed by atoms with Crippen LogP contribution in [0.3, 0.4) is 0 Å². The maximum atomic E-state index is 14.6. The van der Waals surface area contributed by atoms with Gasteiger partial charge in [0.1, 0.15) is 35.7 Å². The van der Waals surface area contributed by atoms with Gasteiger partial charge in [0.05, 0.1) is 42.4 Å². The Hall–Kier alpha value is -5.89. The number of amides is 5. The Morgan fingerprint density at radius 1 is 0.891 bits per heavy atom. The van der Waals surface area contributed by atoms with Crippen LogP contribution in [0.1, 0.15) is 80.6 Å². The highest BCUT2D eigenvalue weighted by Crippen LogP contribution is 2.31. The fourth-order valence-corrected chi connectivity index (χ4v) is 7.71. The lowest BCUT2D eigenvalue weighted by Gasteiger charge is -2.39. The maximum Gasteiger partial charge on any atom is 0.410 e. The molecule has 20 heteroatoms. The molecule has 0 unspecified atom stereocenters. The minimum absolute atomic E-state index is 0.0192. The molecule has 3 aromatic rings. The Morgan fingerprint density at radius 3 is 2.11 bits per heavy atom. The molecule has 2 aromatic carbocycles. The van der Waals surface area contributed by atoms with Gasteiger partial charge in [-0.3, -0.25) is 34.2 Å². The van der Waals surface area contributed by atoms with E-state index in [0.717, 1.165) is 44.2 Å². The number of likely N-dealkylation sites (N-methyl/N-ethyl adjacent to an activating group) is 1. The first kappa shape index (κ1) is 49.1. The lowest BCUT2D eigenvalue weighted by Crippen LogP contribution is -2.60. The first-order chi connectivity index (χ1) is 30.4. The second kappa shape index (κ2) is 22.1. The summed E-state index contributed by atoms with van der Waals surface area (Å²) in [7, 11) is 2.95. The average Bonchev–Trinajstić information content (AvgIpc) is 3.54. The van der Waals surface area contributed by atoms with E-state index in [0.29, 0.717) is 5.75 Å². The van der Waals surface area contributed by atoms with Crippen LogP contribution in [-0.4, -0.2) is 144 Å². The molecule has 0 radical (unpaired) electrons. The number of halogens is 2. The molecular formula is C44H59F2N7O11. The van der Waals surface area contributed by atoms with E-state index >= 15 is 0 Å². The largest absolute Gasteiger partial charge is 0.491 e. The molecule has 1 aliphatic carbocycles. The molecule has 2 aliphatic rings. The van der Waals surface area contributed by atoms with Crippen molar-refractivity contribution in [2.75, 3.05) is 72.8 Å². The number of piperazine rings is 1. The van der Waals surface area contributed by atoms with E-state index in [4.69, 9.17) is 18.9 Å². The van der Waals surface area contributed by atoms with Crippen molar-refractivity contribution >= 4 is 46.3 Å². The van der Waals surface area contributed by atoms with Crippen molar-refractivity contribution in [3.05, 3.63) is 69.4 Å². The summed E-state index contributed by atoms with van der Waals surface area (Å²) in [6.07, 6.45) is 3.64. The number of hydrogen-bond acceptors (Lipinski definition) is 11. The van der Waals surface area contributed by atoms with Crippen molar-refractivity contribution < 1.29 is 56.6 Å². The van der Waals surface area contributed by atoms with Crippen molar-refractivity contribution in [1.82, 2.24) is 29.9 Å². The molecule has 350 valence electrons. The zero-order valence-electron chi connectivity index (χ0n) is 37.3. The zero-order chi connectivity index (χ0) is 46.7. The van der Waals surface area contributed by atoms with Gasteiger partial charge in [-0.25, -0.2) is 13.6 Å². The van der Waals surface area contributed by atoms with E-state index in [9.17, 15) is 42.9 Å². The summed E-state index contributed by atoms with van der Waals surface area (Å²) < 4.78 is 52.5. The highest BCUT2D eigenvalue weighted by Gasteiger charge is 2.39. The van der Waals surface area contributed by atoms with E-state index in [2.05, 4.69) is 10.6 Å². The fraction of sp³-hybridized carbons (Fsp3) is 0.568. The smallest absolute Gasteiger partial charge is 0.410 e. The molecule has 2 fully saturated rings. The molecule has 1 aliphatic heterocycles. The number of ether oxygens (including phenoxy) is 4. The van der Waals surface area contributed by atoms with Gasteiger partial charge in [0.15, 0.2) is 11.6 Å². The van der Waals surface area contributed by atoms with E-state index in [1.807, 2.05) is 0 Å². The Kier molecular flexibility index (Phi) is 17.0. The third-order valence-corrected chi connectivity index (χ3v) is 11.3. The number of nitro groups is 1. The normalized spacial score (nSPS) is 15.6. The van der Waals surface area contributed by atoms with Crippen LogP contribution in [0.25, 0.3) is 10.9 Å². The van der Waals surface area contributed by atoms with Gasteiger partial charge < -0.3 is 43.9 Å². The van der Waals surface area contributed by atoms with Crippen LogP contribution in [0, 0.1) is 27.7 Å². The number of nitrogens with one attached hydrogen (secondary N) is 2. The number of rotatable bonds is 18. The number of nitro benzene ring substituents is 1. The van der Waals surface area contributed by atoms with Crippen LogP contribution in [0.15, 0.2) is 36.4 Å². The first-order valence-corrected chi connectivity index (χ1v) is 21.5. The molecule has 1 aromatic heterocycles. The van der Waals surface area contributed by atoms with E-state index in [-0.39, 0.29) is 105 Å². The van der Waals surface area contributed by atoms with Gasteiger partial charge in [0.25, 0.3) is 17.5 Å². The number of carbonyl (C=O) groups is 5. The van der Waals surface area contributed by atoms with Gasteiger partial charge in [0, 0.05) is 70.4 Å². The van der Waals surface area contributed by atoms with Gasteiger partial charge in [0.2, 0.25) is 11.8 Å². The van der Waals surface area contributed by atoms with E-state index < -0.39 is 58.1 Å². The zero-order valence-corrected chi connectivity index (χ0v) is 37.3. The predicted octanol–water partition coefficient (Wildman–Crippen LogP) is 4.81. The van der Waals surface area contributed by atoms with Crippen molar-refractivity contribution in [3.8, 4) is 5.75 Å². The SMILES string of the molecule is C[C@@H](C(=O)N[C@H](C(=O)N1CCN(C(=O)c2c(C(=O)NCCOCCOCCOc3ccc([N+](=O)[O-])cc3)c3cc(F)c(F)cc3n2C)CC1)C1CCCCC1)N(C)C(=O)OC(C)(C)C. The highest BCUT2D eigenvalue weighted by atomic mass is 19.2. The van der Waals surface area contributed by atoms with Crippen molar-refractivity contribution in [2.24, 2.45) is 13.0 Å². The third kappa shape index (κ3) is 12.6. The van der Waals surface area contributed by atoms with Crippen LogP contribution in [-0.2, 0) is 30.8 Å². The lowest BCUT2D eigenvalue weighted by atomic mass is 9.83. The molecule has 64 heavy (non-hydrogen) atoms. The highest BCUT2D eigenvalue weighted by molar-refractivity contribution is 6.16. The number of carbonyl (C=O) groups excluding carboxylic acids is 5. The first-order valence-electron chi connectivity index (χ1n) is 21.5. The van der Waals surface area contributed by atoms with Gasteiger partial charge in [-0.2, -0.15) is 0 Å². The van der Waals surface area contributed by atoms with Gasteiger partial charge in [-0.05, 0) is 64.7 Å². The fourth-order valence-electron chi connectivity index (χ4n) is 7.71. The summed E-state index contributed by atoms with van der Waals surface area (Å²) in [6, 6.07) is 5.70. The number of benzene rings is 2. The minimum Gasteiger partial charge on any atom is -0.491 e. The van der Waals surface area contributed by atoms with Crippen molar-refractivity contribution in [1.29, 1.82) is 0 Å². The molecule has 18 nitrogen and oxygen atoms in total. The number of non-ortho nitro benzene ring substituents is 1. The van der Waals surface area contributed by atoms with Gasteiger partial charge >= 0.3 is 6.09 Å². The maximum absolute atomic E-state index is 14.6. The quantitative estimate of drug-likeness (QED) is 0.101. The second-order valence-electron chi connectivity index (χ2n) is 16.9. The van der Waals surface area contributed by atoms with Gasteiger partial charge in [-0.1, -0.05) is 19.3 Å². The van der Waals surface area contributed by atoms with E-state index in [1.54, 1.807) is 32.6 Å². The molecule has 2 heterocycles. The molecule has 0 bridgehead atoms. The summed E-state index contributed by atoms with van der Waals surface area (Å²) >= 11 is 0. The Balaban J connectivity index is 1.17. The molecule has 2 atom stereocenters. The molecule has 5 rings (SSSR count). The summed E-state index contributed by atoms with van der Waals surface area (Å²) in [4.78, 5) is 83.1. The van der Waals surface area contributed by atoms with Crippen LogP contribution >= 0.6 is 0 Å². The third-order valence-electron chi connectivity index (χ3n) is 11.3. The van der Waals surface area contributed by atoms with Crippen LogP contribution in [0.2, 0.25) is 0 Å². The minimum atomic E-state index is -1.19. The number of hydrogen-bond donors (Lipinski definition) is 2. The second-order valence-corrected chi connectivity index (χ2v) is 16.9. The standard InChI is InChI=1S/C44H59F2N7O11/c1-28(49(5)43(58)64-44(2,3)4)39(54)48-37(29-10-8-7-9-11-29)41(56)51-17-19-52(20-18-51)42(57)38-36(32-26-33(45)34(46)27-35(32)50(38)6)40(55)47-16-21-61-22-23-62-24-25-63-31-14-12-30(13-15-31)53(59)60/h12-15,26-29,37H,7-11,16-25H2,1-6H3,(H,47,55)(H,48,54)/t28-,37-/m0/s1. The monoisotopic (exact) mass is 899 g/mol. The number of nitrogens with zero attached hydrogens (tertiary/aromatic N) is 5. The van der Waals surface area contributed by atoms with Crippen LogP contribution in [0.4, 0.5) is 19.3 Å². The Labute approximate surface area is 370 Å².